The quantitative estimate of drug-likeness (QED) is 0.683. The molecule has 0 aliphatic carbocycles. The molecule has 112 valence electrons. The number of benzene rings is 2. The lowest BCUT2D eigenvalue weighted by Gasteiger charge is -2.14. The van der Waals surface area contributed by atoms with Crippen molar-refractivity contribution < 1.29 is 13.9 Å². The molecular formula is C17H13BrFNO2. The zero-order valence-corrected chi connectivity index (χ0v) is 13.4. The molecule has 0 fully saturated rings. The number of rotatable bonds is 4. The molecule has 1 aromatic heterocycles. The summed E-state index contributed by atoms with van der Waals surface area (Å²) in [6.45, 7) is 1.68. The van der Waals surface area contributed by atoms with Crippen molar-refractivity contribution >= 4 is 32.6 Å². The van der Waals surface area contributed by atoms with Crippen LogP contribution in [-0.4, -0.2) is 16.9 Å². The normalized spacial score (nSPS) is 12.3. The third kappa shape index (κ3) is 2.76. The van der Waals surface area contributed by atoms with Crippen LogP contribution in [0.25, 0.3) is 10.9 Å². The van der Waals surface area contributed by atoms with E-state index in [9.17, 15) is 9.18 Å². The van der Waals surface area contributed by atoms with Gasteiger partial charge in [-0.05, 0) is 47.1 Å². The number of ketones is 1. The van der Waals surface area contributed by atoms with Gasteiger partial charge in [0.1, 0.15) is 11.6 Å². The number of aromatic nitrogens is 1. The predicted molar refractivity (Wildman–Crippen MR) is 86.8 cm³/mol. The third-order valence-corrected chi connectivity index (χ3v) is 4.04. The number of hydrogen-bond acceptors (Lipinski definition) is 2. The number of nitrogens with one attached hydrogen (secondary N) is 1. The Hall–Kier alpha value is -2.14. The van der Waals surface area contributed by atoms with Gasteiger partial charge in [0.25, 0.3) is 0 Å². The van der Waals surface area contributed by atoms with Crippen LogP contribution < -0.4 is 4.74 Å². The molecule has 1 heterocycles. The van der Waals surface area contributed by atoms with Gasteiger partial charge < -0.3 is 9.72 Å². The number of carbonyl (C=O) groups is 1. The van der Waals surface area contributed by atoms with Crippen molar-refractivity contribution in [3.63, 3.8) is 0 Å². The van der Waals surface area contributed by atoms with E-state index in [1.807, 2.05) is 24.3 Å². The fraction of sp³-hybridized carbons (Fsp3) is 0.118. The number of aromatic amines is 1. The van der Waals surface area contributed by atoms with Crippen molar-refractivity contribution in [2.45, 2.75) is 13.0 Å². The molecule has 2 aromatic carbocycles. The number of halogens is 2. The van der Waals surface area contributed by atoms with E-state index < -0.39 is 6.10 Å². The van der Waals surface area contributed by atoms with Crippen molar-refractivity contribution in [2.24, 2.45) is 0 Å². The zero-order valence-electron chi connectivity index (χ0n) is 11.8. The predicted octanol–water partition coefficient (Wildman–Crippen LogP) is 4.72. The summed E-state index contributed by atoms with van der Waals surface area (Å²) in [5.41, 5.74) is 1.49. The first kappa shape index (κ1) is 14.8. The smallest absolute Gasteiger partial charge is 0.205 e. The lowest BCUT2D eigenvalue weighted by atomic mass is 10.1. The molecule has 22 heavy (non-hydrogen) atoms. The van der Waals surface area contributed by atoms with Gasteiger partial charge in [0.2, 0.25) is 5.78 Å². The summed E-state index contributed by atoms with van der Waals surface area (Å²) < 4.78 is 19.2. The van der Waals surface area contributed by atoms with Gasteiger partial charge in [0, 0.05) is 22.7 Å². The Balaban J connectivity index is 1.85. The fourth-order valence-electron chi connectivity index (χ4n) is 2.31. The van der Waals surface area contributed by atoms with Crippen molar-refractivity contribution in [1.29, 1.82) is 0 Å². The van der Waals surface area contributed by atoms with Crippen LogP contribution in [-0.2, 0) is 0 Å². The Morgan fingerprint density at radius 3 is 2.82 bits per heavy atom. The second-order valence-corrected chi connectivity index (χ2v) is 5.80. The second-order valence-electron chi connectivity index (χ2n) is 4.95. The maximum absolute atomic E-state index is 13.1. The lowest BCUT2D eigenvalue weighted by molar-refractivity contribution is 0.0819. The minimum atomic E-state index is -0.680. The first-order valence-electron chi connectivity index (χ1n) is 6.78. The van der Waals surface area contributed by atoms with Crippen molar-refractivity contribution in [3.05, 3.63) is 64.5 Å². The number of H-pyrrole nitrogens is 1. The molecule has 1 atom stereocenters. The number of carbonyl (C=O) groups excluding carboxylic acids is 1. The molecule has 0 spiro atoms. The first-order chi connectivity index (χ1) is 10.6. The molecule has 3 nitrogen and oxygen atoms in total. The molecule has 0 saturated carbocycles. The number of para-hydroxylation sites is 1. The zero-order chi connectivity index (χ0) is 15.7. The van der Waals surface area contributed by atoms with E-state index in [0.717, 1.165) is 10.9 Å². The van der Waals surface area contributed by atoms with Gasteiger partial charge in [-0.3, -0.25) is 4.79 Å². The van der Waals surface area contributed by atoms with Crippen LogP contribution in [0.15, 0.2) is 53.1 Å². The van der Waals surface area contributed by atoms with Crippen molar-refractivity contribution in [2.75, 3.05) is 0 Å². The number of hydrogen-bond donors (Lipinski definition) is 1. The topological polar surface area (TPSA) is 42.1 Å². The fourth-order valence-corrected chi connectivity index (χ4v) is 2.75. The molecule has 0 aliphatic heterocycles. The van der Waals surface area contributed by atoms with Crippen LogP contribution in [0.4, 0.5) is 4.39 Å². The highest BCUT2D eigenvalue weighted by Crippen LogP contribution is 2.27. The van der Waals surface area contributed by atoms with Crippen LogP contribution in [0, 0.1) is 5.82 Å². The molecule has 3 rings (SSSR count). The van der Waals surface area contributed by atoms with Gasteiger partial charge in [0.15, 0.2) is 6.10 Å². The molecule has 0 bridgehead atoms. The van der Waals surface area contributed by atoms with Gasteiger partial charge in [-0.2, -0.15) is 0 Å². The van der Waals surface area contributed by atoms with Crippen LogP contribution in [0.1, 0.15) is 17.3 Å². The summed E-state index contributed by atoms with van der Waals surface area (Å²) in [6, 6.07) is 11.7. The highest BCUT2D eigenvalue weighted by molar-refractivity contribution is 9.10. The Morgan fingerprint density at radius 1 is 1.27 bits per heavy atom. The minimum absolute atomic E-state index is 0.131. The third-order valence-electron chi connectivity index (χ3n) is 3.42. The summed E-state index contributed by atoms with van der Waals surface area (Å²) in [5.74, 6) is -0.0643. The maximum Gasteiger partial charge on any atom is 0.205 e. The van der Waals surface area contributed by atoms with Crippen LogP contribution in [0.3, 0.4) is 0 Å². The summed E-state index contributed by atoms with van der Waals surface area (Å²) >= 11 is 3.23. The van der Waals surface area contributed by atoms with Gasteiger partial charge >= 0.3 is 0 Å². The van der Waals surface area contributed by atoms with Gasteiger partial charge in [0.05, 0.1) is 4.47 Å². The summed E-state index contributed by atoms with van der Waals surface area (Å²) in [4.78, 5) is 15.6. The average molecular weight is 362 g/mol. The van der Waals surface area contributed by atoms with E-state index in [0.29, 0.717) is 15.8 Å². The molecular weight excluding hydrogens is 349 g/mol. The highest BCUT2D eigenvalue weighted by atomic mass is 79.9. The number of ether oxygens (including phenoxy) is 1. The second kappa shape index (κ2) is 5.93. The van der Waals surface area contributed by atoms with Gasteiger partial charge in [-0.15, -0.1) is 0 Å². The van der Waals surface area contributed by atoms with E-state index in [2.05, 4.69) is 20.9 Å². The minimum Gasteiger partial charge on any atom is -0.481 e. The van der Waals surface area contributed by atoms with Crippen LogP contribution >= 0.6 is 15.9 Å². The molecule has 0 saturated heterocycles. The van der Waals surface area contributed by atoms with Gasteiger partial charge in [-0.1, -0.05) is 18.2 Å². The molecule has 0 unspecified atom stereocenters. The maximum atomic E-state index is 13.1. The average Bonchev–Trinajstić information content (AvgIpc) is 2.93. The Bertz CT molecular complexity index is 844. The molecule has 0 aliphatic rings. The van der Waals surface area contributed by atoms with Gasteiger partial charge in [-0.25, -0.2) is 4.39 Å². The monoisotopic (exact) mass is 361 g/mol. The molecule has 5 heteroatoms. The molecule has 0 radical (unpaired) electrons. The highest BCUT2D eigenvalue weighted by Gasteiger charge is 2.21. The van der Waals surface area contributed by atoms with Crippen LogP contribution in [0.2, 0.25) is 0 Å². The van der Waals surface area contributed by atoms with Crippen LogP contribution in [0.5, 0.6) is 5.75 Å². The number of Topliss-reactive ketones (excluding diaryl/α,β-unsaturated/α-hetero) is 1. The van der Waals surface area contributed by atoms with Crippen molar-refractivity contribution in [1.82, 2.24) is 4.98 Å². The summed E-state index contributed by atoms with van der Waals surface area (Å²) in [7, 11) is 0. The number of fused-ring (bicyclic) bond motifs is 1. The molecule has 1 N–H and O–H groups in total. The van der Waals surface area contributed by atoms with E-state index in [-0.39, 0.29) is 11.6 Å². The molecule has 0 amide bonds. The van der Waals surface area contributed by atoms with E-state index in [4.69, 9.17) is 4.74 Å². The summed E-state index contributed by atoms with van der Waals surface area (Å²) in [5, 5.41) is 0.862. The Labute approximate surface area is 135 Å². The largest absolute Gasteiger partial charge is 0.481 e. The van der Waals surface area contributed by atoms with E-state index in [1.165, 1.54) is 18.2 Å². The Kier molecular flexibility index (Phi) is 3.98. The Morgan fingerprint density at radius 2 is 2.05 bits per heavy atom. The van der Waals surface area contributed by atoms with Crippen molar-refractivity contribution in [3.8, 4) is 5.75 Å². The standard InChI is InChI=1S/C17H13BrFNO2/c1-10(22-16-7-6-11(19)8-14(16)18)17(21)13-9-20-15-5-3-2-4-12(13)15/h2-10,20H,1H3/t10-/m0/s1. The van der Waals surface area contributed by atoms with E-state index in [1.54, 1.807) is 13.1 Å². The molecule has 3 aromatic rings. The lowest BCUT2D eigenvalue weighted by Crippen LogP contribution is -2.23. The summed E-state index contributed by atoms with van der Waals surface area (Å²) in [6.07, 6.45) is 1.01. The van der Waals surface area contributed by atoms with E-state index >= 15 is 0 Å². The SMILES string of the molecule is C[C@H](Oc1ccc(F)cc1Br)C(=O)c1c[nH]c2ccccc12. The first-order valence-corrected chi connectivity index (χ1v) is 7.57.